The van der Waals surface area contributed by atoms with Gasteiger partial charge in [0.15, 0.2) is 8.32 Å². The highest BCUT2D eigenvalue weighted by molar-refractivity contribution is 7.90. The van der Waals surface area contributed by atoms with Gasteiger partial charge >= 0.3 is 0 Å². The van der Waals surface area contributed by atoms with Crippen LogP contribution in [0, 0.1) is 0 Å². The Labute approximate surface area is 210 Å². The Morgan fingerprint density at radius 3 is 2.26 bits per heavy atom. The van der Waals surface area contributed by atoms with E-state index in [2.05, 4.69) is 38.6 Å². The minimum atomic E-state index is -3.85. The second-order valence-electron chi connectivity index (χ2n) is 11.1. The number of hydrogen-bond acceptors (Lipinski definition) is 6. The van der Waals surface area contributed by atoms with Crippen LogP contribution in [0.2, 0.25) is 18.1 Å². The van der Waals surface area contributed by atoms with Crippen molar-refractivity contribution in [2.75, 3.05) is 6.61 Å². The van der Waals surface area contributed by atoms with Crippen LogP contribution in [0.3, 0.4) is 0 Å². The van der Waals surface area contributed by atoms with Crippen LogP contribution >= 0.6 is 0 Å². The van der Waals surface area contributed by atoms with E-state index in [0.29, 0.717) is 18.6 Å². The summed E-state index contributed by atoms with van der Waals surface area (Å²) in [6, 6.07) is 15.5. The molecule has 2 aromatic rings. The SMILES string of the molecule is CC1(C)OC(=NC(CCO[Si](C)(C)C(C)(C)C)c2ccccc2)NS(=O)(=O)C1c1ccc(O)cc1. The number of benzene rings is 2. The molecule has 0 bridgehead atoms. The second-order valence-corrected chi connectivity index (χ2v) is 17.7. The van der Waals surface area contributed by atoms with Gasteiger partial charge in [0, 0.05) is 6.61 Å². The van der Waals surface area contributed by atoms with Crippen LogP contribution < -0.4 is 4.72 Å². The van der Waals surface area contributed by atoms with Gasteiger partial charge in [-0.1, -0.05) is 63.2 Å². The van der Waals surface area contributed by atoms with Gasteiger partial charge in [0.05, 0.1) is 6.04 Å². The average Bonchev–Trinajstić information content (AvgIpc) is 2.72. The van der Waals surface area contributed by atoms with Gasteiger partial charge in [-0.2, -0.15) is 0 Å². The molecule has 2 N–H and O–H groups in total. The number of amidine groups is 1. The normalized spacial score (nSPS) is 21.7. The quantitative estimate of drug-likeness (QED) is 0.460. The van der Waals surface area contributed by atoms with Crippen molar-refractivity contribution in [3.63, 3.8) is 0 Å². The summed E-state index contributed by atoms with van der Waals surface area (Å²) in [4.78, 5) is 4.72. The predicted octanol–water partition coefficient (Wildman–Crippen LogP) is 5.67. The summed E-state index contributed by atoms with van der Waals surface area (Å²) in [5, 5.41) is 8.73. The highest BCUT2D eigenvalue weighted by Gasteiger charge is 2.48. The number of rotatable bonds is 7. The molecule has 0 amide bonds. The van der Waals surface area contributed by atoms with Crippen molar-refractivity contribution < 1.29 is 22.7 Å². The van der Waals surface area contributed by atoms with E-state index in [1.807, 2.05) is 30.3 Å². The zero-order valence-electron chi connectivity index (χ0n) is 21.7. The van der Waals surface area contributed by atoms with E-state index >= 15 is 0 Å². The fourth-order valence-corrected chi connectivity index (χ4v) is 6.75. The Kier molecular flexibility index (Phi) is 7.74. The standard InChI is InChI=1S/C26H38N2O5SSi/c1-25(2,3)35(6,7)32-18-17-22(19-11-9-8-10-12-19)27-24-28-34(30,31)23(26(4,5)33-24)20-13-15-21(29)16-14-20/h8-16,22-23,29H,17-18H2,1-7H3,(H,27,28). The molecule has 2 atom stereocenters. The van der Waals surface area contributed by atoms with Gasteiger partial charge in [0.2, 0.25) is 10.0 Å². The van der Waals surface area contributed by atoms with Gasteiger partial charge in [0.1, 0.15) is 16.6 Å². The maximum Gasteiger partial charge on any atom is 0.299 e. The van der Waals surface area contributed by atoms with Crippen molar-refractivity contribution in [1.29, 1.82) is 0 Å². The van der Waals surface area contributed by atoms with E-state index in [4.69, 9.17) is 14.2 Å². The lowest BCUT2D eigenvalue weighted by atomic mass is 9.97. The molecule has 1 aliphatic rings. The van der Waals surface area contributed by atoms with Crippen LogP contribution in [0.4, 0.5) is 0 Å². The number of sulfonamides is 1. The van der Waals surface area contributed by atoms with Gasteiger partial charge in [-0.05, 0) is 61.7 Å². The number of ether oxygens (including phenoxy) is 1. The summed E-state index contributed by atoms with van der Waals surface area (Å²) in [7, 11) is -5.78. The number of phenols is 1. The van der Waals surface area contributed by atoms with Gasteiger partial charge < -0.3 is 14.3 Å². The largest absolute Gasteiger partial charge is 0.508 e. The predicted molar refractivity (Wildman–Crippen MR) is 142 cm³/mol. The minimum absolute atomic E-state index is 0.0220. The van der Waals surface area contributed by atoms with Crippen LogP contribution in [-0.4, -0.2) is 40.1 Å². The summed E-state index contributed by atoms with van der Waals surface area (Å²) in [6.45, 7) is 15.0. The fourth-order valence-electron chi connectivity index (χ4n) is 3.92. The molecule has 1 aliphatic heterocycles. The number of hydrogen-bond donors (Lipinski definition) is 2. The van der Waals surface area contributed by atoms with E-state index in [9.17, 15) is 13.5 Å². The summed E-state index contributed by atoms with van der Waals surface area (Å²) in [5.74, 6) is 0.0708. The number of aromatic hydroxyl groups is 1. The lowest BCUT2D eigenvalue weighted by molar-refractivity contribution is 0.0758. The number of aliphatic imine (C=N–C) groups is 1. The molecular formula is C26H38N2O5SSi. The minimum Gasteiger partial charge on any atom is -0.508 e. The lowest BCUT2D eigenvalue weighted by Crippen LogP contribution is -2.53. The summed E-state index contributed by atoms with van der Waals surface area (Å²) < 4.78 is 41.7. The smallest absolute Gasteiger partial charge is 0.299 e. The van der Waals surface area contributed by atoms with Gasteiger partial charge in [-0.25, -0.2) is 18.1 Å². The molecule has 0 radical (unpaired) electrons. The molecule has 0 aliphatic carbocycles. The highest BCUT2D eigenvalue weighted by Crippen LogP contribution is 2.40. The highest BCUT2D eigenvalue weighted by atomic mass is 32.2. The molecule has 1 heterocycles. The first-order valence-corrected chi connectivity index (χ1v) is 16.3. The molecule has 0 saturated carbocycles. The lowest BCUT2D eigenvalue weighted by Gasteiger charge is -2.39. The van der Waals surface area contributed by atoms with Gasteiger partial charge in [0.25, 0.3) is 6.02 Å². The van der Waals surface area contributed by atoms with Crippen LogP contribution in [0.25, 0.3) is 0 Å². The van der Waals surface area contributed by atoms with Crippen LogP contribution in [0.1, 0.15) is 63.5 Å². The average molecular weight is 519 g/mol. The maximum absolute atomic E-state index is 13.3. The molecule has 1 fully saturated rings. The molecule has 0 spiro atoms. The topological polar surface area (TPSA) is 97.2 Å². The third-order valence-electron chi connectivity index (χ3n) is 6.84. The molecule has 35 heavy (non-hydrogen) atoms. The zero-order chi connectivity index (χ0) is 26.1. The molecule has 3 rings (SSSR count). The number of nitrogens with zero attached hydrogens (tertiary/aromatic N) is 1. The Hall–Kier alpha value is -2.36. The van der Waals surface area contributed by atoms with Crippen molar-refractivity contribution in [3.8, 4) is 5.75 Å². The van der Waals surface area contributed by atoms with Crippen molar-refractivity contribution in [2.45, 2.75) is 76.1 Å². The van der Waals surface area contributed by atoms with Crippen molar-refractivity contribution >= 4 is 24.4 Å². The monoisotopic (exact) mass is 518 g/mol. The molecule has 2 unspecified atom stereocenters. The molecule has 192 valence electrons. The van der Waals surface area contributed by atoms with Crippen molar-refractivity contribution in [3.05, 3.63) is 65.7 Å². The third-order valence-corrected chi connectivity index (χ3v) is 13.3. The Morgan fingerprint density at radius 2 is 1.71 bits per heavy atom. The van der Waals surface area contributed by atoms with E-state index in [1.54, 1.807) is 26.0 Å². The van der Waals surface area contributed by atoms with E-state index in [-0.39, 0.29) is 22.9 Å². The Balaban J connectivity index is 1.87. The molecular weight excluding hydrogens is 480 g/mol. The van der Waals surface area contributed by atoms with Crippen LogP contribution in [0.5, 0.6) is 5.75 Å². The fraction of sp³-hybridized carbons (Fsp3) is 0.500. The first-order valence-electron chi connectivity index (χ1n) is 11.9. The first-order chi connectivity index (χ1) is 16.1. The number of phenolic OH excluding ortho intramolecular Hbond substituents is 1. The molecule has 2 aromatic carbocycles. The van der Waals surface area contributed by atoms with Gasteiger partial charge in [-0.3, -0.25) is 0 Å². The summed E-state index contributed by atoms with van der Waals surface area (Å²) >= 11 is 0. The Bertz CT molecular complexity index is 1140. The van der Waals surface area contributed by atoms with Crippen LogP contribution in [0.15, 0.2) is 59.6 Å². The van der Waals surface area contributed by atoms with E-state index < -0.39 is 29.2 Å². The molecule has 7 nitrogen and oxygen atoms in total. The molecule has 1 saturated heterocycles. The van der Waals surface area contributed by atoms with Crippen molar-refractivity contribution in [1.82, 2.24) is 4.72 Å². The Morgan fingerprint density at radius 1 is 1.11 bits per heavy atom. The molecule has 0 aromatic heterocycles. The van der Waals surface area contributed by atoms with E-state index in [1.165, 1.54) is 12.1 Å². The summed E-state index contributed by atoms with van der Waals surface area (Å²) in [5.41, 5.74) is 0.403. The summed E-state index contributed by atoms with van der Waals surface area (Å²) in [6.07, 6.45) is 0.590. The second kappa shape index (κ2) is 9.95. The van der Waals surface area contributed by atoms with Gasteiger partial charge in [-0.15, -0.1) is 0 Å². The number of nitrogens with one attached hydrogen (secondary N) is 1. The third kappa shape index (κ3) is 6.45. The zero-order valence-corrected chi connectivity index (χ0v) is 23.5. The maximum atomic E-state index is 13.3. The molecule has 9 heteroatoms. The van der Waals surface area contributed by atoms with E-state index in [0.717, 1.165) is 5.56 Å². The first kappa shape index (κ1) is 27.2. The van der Waals surface area contributed by atoms with Crippen LogP contribution in [-0.2, 0) is 19.2 Å². The van der Waals surface area contributed by atoms with Crippen molar-refractivity contribution in [2.24, 2.45) is 4.99 Å².